The topological polar surface area (TPSA) is 123 Å². The number of rotatable bonds is 44. The van der Waals surface area contributed by atoms with Gasteiger partial charge < -0.3 is 21.7 Å². The number of piperazine rings is 1. The summed E-state index contributed by atoms with van der Waals surface area (Å²) >= 11 is 0. The van der Waals surface area contributed by atoms with Gasteiger partial charge in [-0.15, -0.1) is 0 Å². The minimum Gasteiger partial charge on any atom is -0.390 e. The first kappa shape index (κ1) is 57.2. The Morgan fingerprint density at radius 1 is 0.433 bits per heavy atom. The van der Waals surface area contributed by atoms with E-state index in [0.29, 0.717) is 11.8 Å². The first-order chi connectivity index (χ1) is 29.4. The van der Waals surface area contributed by atoms with Crippen molar-refractivity contribution in [3.63, 3.8) is 0 Å². The number of nitrogens with one attached hydrogen (secondary N) is 2. The summed E-state index contributed by atoms with van der Waals surface area (Å²) in [7, 11) is 0. The summed E-state index contributed by atoms with van der Waals surface area (Å²) < 4.78 is 0. The maximum Gasteiger partial charge on any atom is 0.0863 e. The van der Waals surface area contributed by atoms with Crippen molar-refractivity contribution >= 4 is 0 Å². The predicted molar refractivity (Wildman–Crippen MR) is 263 cm³/mol. The third-order valence-corrected chi connectivity index (χ3v) is 13.2. The average Bonchev–Trinajstić information content (AvgIpc) is 3.24. The Bertz CT molecular complexity index is 865. The van der Waals surface area contributed by atoms with Crippen LogP contribution in [-0.4, -0.2) is 96.9 Å². The van der Waals surface area contributed by atoms with Gasteiger partial charge in [-0.1, -0.05) is 141 Å². The Balaban J connectivity index is 2.41. The Morgan fingerprint density at radius 2 is 0.733 bits per heavy atom. The van der Waals surface area contributed by atoms with Crippen LogP contribution in [0.2, 0.25) is 0 Å². The molecule has 0 bridgehead atoms. The molecule has 0 aromatic rings. The second-order valence-electron chi connectivity index (χ2n) is 18.9. The molecular formula is C52H106N6O2. The van der Waals surface area contributed by atoms with Gasteiger partial charge in [0.1, 0.15) is 0 Å². The number of unbranched alkanes of at least 4 members (excludes halogenated alkanes) is 18. The number of nitrogens with two attached hydrogens (primary N) is 2. The molecular weight excluding hydrogens is 741 g/mol. The van der Waals surface area contributed by atoms with Gasteiger partial charge in [0.15, 0.2) is 0 Å². The van der Waals surface area contributed by atoms with Crippen molar-refractivity contribution in [2.24, 2.45) is 23.3 Å². The zero-order chi connectivity index (χ0) is 43.7. The molecule has 0 spiro atoms. The van der Waals surface area contributed by atoms with Gasteiger partial charge in [0.25, 0.3) is 0 Å². The molecule has 0 aliphatic carbocycles. The molecule has 0 aromatic heterocycles. The number of hydrogen-bond acceptors (Lipinski definition) is 8. The molecule has 0 radical (unpaired) electrons. The van der Waals surface area contributed by atoms with Crippen LogP contribution in [-0.2, 0) is 0 Å². The molecule has 60 heavy (non-hydrogen) atoms. The van der Waals surface area contributed by atoms with Crippen molar-refractivity contribution in [1.82, 2.24) is 20.4 Å². The summed E-state index contributed by atoms with van der Waals surface area (Å²) in [6, 6.07) is 0. The van der Waals surface area contributed by atoms with Gasteiger partial charge in [-0.25, -0.2) is 0 Å². The van der Waals surface area contributed by atoms with Crippen LogP contribution in [0.5, 0.6) is 0 Å². The summed E-state index contributed by atoms with van der Waals surface area (Å²) in [4.78, 5) is 4.84. The van der Waals surface area contributed by atoms with E-state index in [1.54, 1.807) is 0 Å². The van der Waals surface area contributed by atoms with Gasteiger partial charge in [0, 0.05) is 26.2 Å². The zero-order valence-corrected chi connectivity index (χ0v) is 40.6. The van der Waals surface area contributed by atoms with Crippen LogP contribution < -0.4 is 22.1 Å². The molecule has 0 amide bonds. The van der Waals surface area contributed by atoms with Crippen molar-refractivity contribution in [2.45, 2.75) is 245 Å². The van der Waals surface area contributed by atoms with Crippen LogP contribution in [0.1, 0.15) is 220 Å². The maximum atomic E-state index is 10.9. The van der Waals surface area contributed by atoms with Crippen LogP contribution in [0.4, 0.5) is 0 Å². The van der Waals surface area contributed by atoms with Crippen molar-refractivity contribution in [2.75, 3.05) is 52.4 Å². The minimum atomic E-state index is -0.448. The first-order valence-corrected chi connectivity index (χ1v) is 26.4. The molecule has 6 unspecified atom stereocenters. The quantitative estimate of drug-likeness (QED) is 0.0265. The smallest absolute Gasteiger partial charge is 0.0863 e. The van der Waals surface area contributed by atoms with Crippen LogP contribution in [0.15, 0.2) is 24.3 Å². The lowest BCUT2D eigenvalue weighted by Gasteiger charge is -2.44. The molecule has 0 aromatic carbocycles. The highest BCUT2D eigenvalue weighted by Gasteiger charge is 2.31. The Hall–Kier alpha value is -0.840. The summed E-state index contributed by atoms with van der Waals surface area (Å²) in [6.45, 7) is 15.3. The summed E-state index contributed by atoms with van der Waals surface area (Å²) in [6.07, 6.45) is 47.3. The van der Waals surface area contributed by atoms with Crippen molar-refractivity contribution in [1.29, 1.82) is 0 Å². The molecule has 1 fully saturated rings. The van der Waals surface area contributed by atoms with E-state index in [4.69, 9.17) is 11.5 Å². The van der Waals surface area contributed by atoms with E-state index < -0.39 is 12.2 Å². The fraction of sp³-hybridized carbons (Fsp3) is 0.923. The highest BCUT2D eigenvalue weighted by molar-refractivity contribution is 4.86. The number of hydrogen-bond donors (Lipinski definition) is 6. The molecule has 1 rings (SSSR count). The molecule has 1 saturated heterocycles. The van der Waals surface area contributed by atoms with Gasteiger partial charge in [0.2, 0.25) is 0 Å². The van der Waals surface area contributed by atoms with Crippen LogP contribution in [0, 0.1) is 11.8 Å². The fourth-order valence-electron chi connectivity index (χ4n) is 9.35. The SMILES string of the molecule is CCCCCCCC/C=C\CCCCCC(CCCN)CCNC(C(C)O)N1CCN(C(NCCC(CCCN)CCCCC/C=C\CCCCCCCC)C(C)O)CC1. The van der Waals surface area contributed by atoms with Crippen LogP contribution in [0.25, 0.3) is 0 Å². The van der Waals surface area contributed by atoms with Gasteiger partial charge in [-0.2, -0.15) is 0 Å². The molecule has 356 valence electrons. The Labute approximate surface area is 374 Å². The fourth-order valence-corrected chi connectivity index (χ4v) is 9.35. The molecule has 1 heterocycles. The van der Waals surface area contributed by atoms with Gasteiger partial charge in [0.05, 0.1) is 24.5 Å². The van der Waals surface area contributed by atoms with Crippen molar-refractivity contribution in [3.05, 3.63) is 24.3 Å². The highest BCUT2D eigenvalue weighted by atomic mass is 16.3. The van der Waals surface area contributed by atoms with E-state index in [1.165, 1.54) is 167 Å². The standard InChI is InChI=1S/C52H106N6O2/c1-5-7-9-11-13-15-17-19-21-23-25-27-29-33-49(35-31-39-53)37-41-55-51(47(3)59)57-43-45-58(46-44-57)52(48(4)60)56-42-38-50(36-32-40-54)34-30-28-26-24-22-20-18-16-14-12-10-8-6-2/h19-22,47-52,55-56,59-60H,5-18,23-46,53-54H2,1-4H3/b21-19-,22-20-. The lowest BCUT2D eigenvalue weighted by atomic mass is 9.92. The molecule has 1 aliphatic heterocycles. The number of aliphatic hydroxyl groups is 2. The van der Waals surface area contributed by atoms with Gasteiger partial charge in [-0.3, -0.25) is 20.4 Å². The van der Waals surface area contributed by atoms with Crippen LogP contribution in [0.3, 0.4) is 0 Å². The van der Waals surface area contributed by atoms with Crippen molar-refractivity contribution in [3.8, 4) is 0 Å². The van der Waals surface area contributed by atoms with Crippen LogP contribution >= 0.6 is 0 Å². The summed E-state index contributed by atoms with van der Waals surface area (Å²) in [5.41, 5.74) is 11.9. The number of allylic oxidation sites excluding steroid dienone is 4. The maximum absolute atomic E-state index is 10.9. The van der Waals surface area contributed by atoms with E-state index in [-0.39, 0.29) is 12.3 Å². The first-order valence-electron chi connectivity index (χ1n) is 26.4. The van der Waals surface area contributed by atoms with Gasteiger partial charge in [-0.05, 0) is 142 Å². The minimum absolute atomic E-state index is 0.0483. The third-order valence-electron chi connectivity index (χ3n) is 13.2. The molecule has 6 atom stereocenters. The summed E-state index contributed by atoms with van der Waals surface area (Å²) in [5.74, 6) is 1.38. The van der Waals surface area contributed by atoms with Crippen molar-refractivity contribution < 1.29 is 10.2 Å². The molecule has 1 aliphatic rings. The second-order valence-corrected chi connectivity index (χ2v) is 18.9. The third kappa shape index (κ3) is 31.9. The molecule has 8 nitrogen and oxygen atoms in total. The number of aliphatic hydroxyl groups excluding tert-OH is 2. The molecule has 8 N–H and O–H groups in total. The average molecular weight is 847 g/mol. The van der Waals surface area contributed by atoms with E-state index >= 15 is 0 Å². The predicted octanol–water partition coefficient (Wildman–Crippen LogP) is 11.2. The summed E-state index contributed by atoms with van der Waals surface area (Å²) in [5, 5.41) is 29.3. The molecule has 8 heteroatoms. The van der Waals surface area contributed by atoms with E-state index in [1.807, 2.05) is 13.8 Å². The lowest BCUT2D eigenvalue weighted by Crippen LogP contribution is -2.63. The van der Waals surface area contributed by atoms with E-state index in [2.05, 4.69) is 58.6 Å². The monoisotopic (exact) mass is 847 g/mol. The van der Waals surface area contributed by atoms with Gasteiger partial charge >= 0.3 is 0 Å². The largest absolute Gasteiger partial charge is 0.390 e. The zero-order valence-electron chi connectivity index (χ0n) is 40.6. The Kier molecular flexibility index (Phi) is 40.1. The van der Waals surface area contributed by atoms with E-state index in [9.17, 15) is 10.2 Å². The lowest BCUT2D eigenvalue weighted by molar-refractivity contribution is -0.0261. The second kappa shape index (κ2) is 42.1. The highest BCUT2D eigenvalue weighted by Crippen LogP contribution is 2.22. The molecule has 0 saturated carbocycles. The van der Waals surface area contributed by atoms with E-state index in [0.717, 1.165) is 78.0 Å². The Morgan fingerprint density at radius 3 is 1.05 bits per heavy atom. The normalized spacial score (nSPS) is 17.5. The number of nitrogens with zero attached hydrogens (tertiary/aromatic N) is 2.